The van der Waals surface area contributed by atoms with E-state index in [0.29, 0.717) is 0 Å². The summed E-state index contributed by atoms with van der Waals surface area (Å²) >= 11 is 0. The van der Waals surface area contributed by atoms with Crippen LogP contribution in [0.1, 0.15) is 26.7 Å². The summed E-state index contributed by atoms with van der Waals surface area (Å²) in [5, 5.41) is 3.36. The lowest BCUT2D eigenvalue weighted by Gasteiger charge is -2.45. The van der Waals surface area contributed by atoms with Crippen molar-refractivity contribution in [2.45, 2.75) is 38.8 Å². The van der Waals surface area contributed by atoms with Crippen LogP contribution in [0.5, 0.6) is 0 Å². The van der Waals surface area contributed by atoms with Crippen molar-refractivity contribution in [1.29, 1.82) is 0 Å². The first-order chi connectivity index (χ1) is 7.35. The Morgan fingerprint density at radius 1 is 1.07 bits per heavy atom. The lowest BCUT2D eigenvalue weighted by Crippen LogP contribution is -2.62. The highest BCUT2D eigenvalue weighted by atomic mass is 15.3. The second-order valence-electron chi connectivity index (χ2n) is 4.85. The Balaban J connectivity index is 1.75. The van der Waals surface area contributed by atoms with Gasteiger partial charge in [-0.3, -0.25) is 9.80 Å². The van der Waals surface area contributed by atoms with Crippen molar-refractivity contribution in [1.82, 2.24) is 15.1 Å². The number of hydrogen-bond acceptors (Lipinski definition) is 3. The van der Waals surface area contributed by atoms with E-state index in [4.69, 9.17) is 0 Å². The Morgan fingerprint density at radius 3 is 2.07 bits per heavy atom. The minimum Gasteiger partial charge on any atom is -0.314 e. The van der Waals surface area contributed by atoms with Gasteiger partial charge in [-0.2, -0.15) is 0 Å². The molecule has 88 valence electrons. The van der Waals surface area contributed by atoms with Gasteiger partial charge in [-0.05, 0) is 12.8 Å². The average Bonchev–Trinajstić information content (AvgIpc) is 2.20. The molecule has 0 aromatic rings. The highest BCUT2D eigenvalue weighted by Crippen LogP contribution is 2.14. The first kappa shape index (κ1) is 11.4. The van der Waals surface area contributed by atoms with E-state index in [9.17, 15) is 0 Å². The lowest BCUT2D eigenvalue weighted by molar-refractivity contribution is 0.0496. The van der Waals surface area contributed by atoms with E-state index in [2.05, 4.69) is 29.0 Å². The van der Waals surface area contributed by atoms with Crippen LogP contribution in [0.3, 0.4) is 0 Å². The standard InChI is InChI=1S/C12H25N3/c1-3-11(4-2)14-5-7-15(8-6-14)12-9-13-10-12/h11-13H,3-10H2,1-2H3. The second kappa shape index (κ2) is 5.28. The van der Waals surface area contributed by atoms with Gasteiger partial charge in [-0.1, -0.05) is 13.8 Å². The number of piperazine rings is 1. The predicted molar refractivity (Wildman–Crippen MR) is 64.2 cm³/mol. The van der Waals surface area contributed by atoms with Crippen LogP contribution < -0.4 is 5.32 Å². The molecule has 0 aromatic heterocycles. The van der Waals surface area contributed by atoms with Crippen molar-refractivity contribution in [3.63, 3.8) is 0 Å². The van der Waals surface area contributed by atoms with Gasteiger partial charge in [-0.25, -0.2) is 0 Å². The van der Waals surface area contributed by atoms with E-state index in [1.807, 2.05) is 0 Å². The maximum absolute atomic E-state index is 3.36. The summed E-state index contributed by atoms with van der Waals surface area (Å²) in [7, 11) is 0. The van der Waals surface area contributed by atoms with Crippen molar-refractivity contribution in [3.8, 4) is 0 Å². The molecule has 2 aliphatic rings. The van der Waals surface area contributed by atoms with Crippen LogP contribution in [0.4, 0.5) is 0 Å². The zero-order chi connectivity index (χ0) is 10.7. The summed E-state index contributed by atoms with van der Waals surface area (Å²) in [6, 6.07) is 1.67. The van der Waals surface area contributed by atoms with E-state index in [1.165, 1.54) is 52.1 Å². The van der Waals surface area contributed by atoms with E-state index in [1.54, 1.807) is 0 Å². The highest BCUT2D eigenvalue weighted by Gasteiger charge is 2.28. The van der Waals surface area contributed by atoms with Crippen molar-refractivity contribution in [2.75, 3.05) is 39.3 Å². The summed E-state index contributed by atoms with van der Waals surface area (Å²) in [4.78, 5) is 5.35. The third-order valence-electron chi connectivity index (χ3n) is 4.08. The van der Waals surface area contributed by atoms with Crippen LogP contribution >= 0.6 is 0 Å². The summed E-state index contributed by atoms with van der Waals surface area (Å²) < 4.78 is 0. The van der Waals surface area contributed by atoms with Gasteiger partial charge in [0, 0.05) is 51.4 Å². The zero-order valence-electron chi connectivity index (χ0n) is 10.2. The molecule has 3 nitrogen and oxygen atoms in total. The molecule has 0 aromatic carbocycles. The van der Waals surface area contributed by atoms with Crippen LogP contribution in [0.2, 0.25) is 0 Å². The second-order valence-corrected chi connectivity index (χ2v) is 4.85. The van der Waals surface area contributed by atoms with Gasteiger partial charge in [0.1, 0.15) is 0 Å². The third-order valence-corrected chi connectivity index (χ3v) is 4.08. The highest BCUT2D eigenvalue weighted by molar-refractivity contribution is 4.88. The molecule has 2 aliphatic heterocycles. The van der Waals surface area contributed by atoms with Gasteiger partial charge in [0.2, 0.25) is 0 Å². The molecule has 0 saturated carbocycles. The molecule has 0 unspecified atom stereocenters. The Kier molecular flexibility index (Phi) is 4.00. The van der Waals surface area contributed by atoms with Gasteiger partial charge in [-0.15, -0.1) is 0 Å². The van der Waals surface area contributed by atoms with Gasteiger partial charge in [0.05, 0.1) is 0 Å². The van der Waals surface area contributed by atoms with Crippen LogP contribution in [-0.4, -0.2) is 61.2 Å². The molecular weight excluding hydrogens is 186 g/mol. The average molecular weight is 211 g/mol. The van der Waals surface area contributed by atoms with Gasteiger partial charge < -0.3 is 5.32 Å². The molecule has 2 saturated heterocycles. The summed E-state index contributed by atoms with van der Waals surface area (Å²) in [5.74, 6) is 0. The summed E-state index contributed by atoms with van der Waals surface area (Å²) in [6.45, 7) is 12.2. The monoisotopic (exact) mass is 211 g/mol. The van der Waals surface area contributed by atoms with E-state index >= 15 is 0 Å². The van der Waals surface area contributed by atoms with Crippen molar-refractivity contribution in [2.24, 2.45) is 0 Å². The van der Waals surface area contributed by atoms with Crippen LogP contribution in [0.15, 0.2) is 0 Å². The van der Waals surface area contributed by atoms with Gasteiger partial charge in [0.25, 0.3) is 0 Å². The van der Waals surface area contributed by atoms with E-state index in [-0.39, 0.29) is 0 Å². The molecule has 2 rings (SSSR count). The first-order valence-electron chi connectivity index (χ1n) is 6.54. The van der Waals surface area contributed by atoms with Crippen molar-refractivity contribution < 1.29 is 0 Å². The van der Waals surface area contributed by atoms with Crippen LogP contribution in [-0.2, 0) is 0 Å². The van der Waals surface area contributed by atoms with Crippen molar-refractivity contribution >= 4 is 0 Å². The molecule has 0 aliphatic carbocycles. The fourth-order valence-corrected chi connectivity index (χ4v) is 2.80. The molecule has 0 atom stereocenters. The molecule has 1 N–H and O–H groups in total. The molecule has 0 bridgehead atoms. The molecule has 0 spiro atoms. The third kappa shape index (κ3) is 2.52. The fraction of sp³-hybridized carbons (Fsp3) is 1.00. The van der Waals surface area contributed by atoms with E-state index < -0.39 is 0 Å². The number of rotatable bonds is 4. The van der Waals surface area contributed by atoms with Crippen LogP contribution in [0.25, 0.3) is 0 Å². The Hall–Kier alpha value is -0.120. The largest absolute Gasteiger partial charge is 0.314 e. The molecule has 15 heavy (non-hydrogen) atoms. The maximum Gasteiger partial charge on any atom is 0.0346 e. The molecular formula is C12H25N3. The quantitative estimate of drug-likeness (QED) is 0.741. The fourth-order valence-electron chi connectivity index (χ4n) is 2.80. The Morgan fingerprint density at radius 2 is 1.67 bits per heavy atom. The lowest BCUT2D eigenvalue weighted by atomic mass is 10.1. The van der Waals surface area contributed by atoms with Crippen LogP contribution in [0, 0.1) is 0 Å². The normalized spacial score (nSPS) is 25.8. The molecule has 3 heteroatoms. The number of nitrogens with one attached hydrogen (secondary N) is 1. The minimum atomic E-state index is 0.826. The Bertz CT molecular complexity index is 179. The Labute approximate surface area is 93.8 Å². The molecule has 2 heterocycles. The van der Waals surface area contributed by atoms with Gasteiger partial charge in [0.15, 0.2) is 0 Å². The summed E-state index contributed by atoms with van der Waals surface area (Å²) in [5.41, 5.74) is 0. The number of hydrogen-bond donors (Lipinski definition) is 1. The molecule has 2 fully saturated rings. The zero-order valence-corrected chi connectivity index (χ0v) is 10.2. The van der Waals surface area contributed by atoms with Gasteiger partial charge >= 0.3 is 0 Å². The predicted octanol–water partition coefficient (Wildman–Crippen LogP) is 0.764. The molecule has 0 radical (unpaired) electrons. The maximum atomic E-state index is 3.36. The van der Waals surface area contributed by atoms with E-state index in [0.717, 1.165) is 12.1 Å². The topological polar surface area (TPSA) is 18.5 Å². The number of nitrogens with zero attached hydrogens (tertiary/aromatic N) is 2. The summed E-state index contributed by atoms with van der Waals surface area (Å²) in [6.07, 6.45) is 2.61. The van der Waals surface area contributed by atoms with Crippen molar-refractivity contribution in [3.05, 3.63) is 0 Å². The smallest absolute Gasteiger partial charge is 0.0346 e. The minimum absolute atomic E-state index is 0.826. The first-order valence-corrected chi connectivity index (χ1v) is 6.54. The molecule has 0 amide bonds. The SMILES string of the molecule is CCC(CC)N1CCN(C2CNC2)CC1.